The Bertz CT molecular complexity index is 751. The van der Waals surface area contributed by atoms with Crippen molar-refractivity contribution in [3.05, 3.63) is 53.6 Å². The monoisotopic (exact) mass is 369 g/mol. The van der Waals surface area contributed by atoms with Crippen molar-refractivity contribution in [1.82, 2.24) is 0 Å². The van der Waals surface area contributed by atoms with Crippen LogP contribution in [0.1, 0.15) is 30.9 Å². The quantitative estimate of drug-likeness (QED) is 0.760. The van der Waals surface area contributed by atoms with Gasteiger partial charge in [0.2, 0.25) is 0 Å². The number of anilines is 1. The minimum Gasteiger partial charge on any atom is -0.489 e. The number of carbonyl (C=O) groups is 1. The molecule has 1 N–H and O–H groups in total. The molecule has 5 nitrogen and oxygen atoms in total. The van der Waals surface area contributed by atoms with Crippen molar-refractivity contribution in [2.45, 2.75) is 39.2 Å². The predicted octanol–water partition coefficient (Wildman–Crippen LogP) is 4.13. The molecule has 1 heterocycles. The van der Waals surface area contributed by atoms with Gasteiger partial charge in [-0.1, -0.05) is 25.1 Å². The summed E-state index contributed by atoms with van der Waals surface area (Å²) < 4.78 is 17.1. The third kappa shape index (κ3) is 5.73. The zero-order valence-electron chi connectivity index (χ0n) is 16.0. The van der Waals surface area contributed by atoms with Gasteiger partial charge in [0.25, 0.3) is 5.91 Å². The third-order valence-corrected chi connectivity index (χ3v) is 4.56. The van der Waals surface area contributed by atoms with Gasteiger partial charge in [-0.15, -0.1) is 0 Å². The van der Waals surface area contributed by atoms with E-state index < -0.39 is 0 Å². The molecule has 1 aliphatic rings. The molecule has 0 radical (unpaired) electrons. The Balaban J connectivity index is 1.55. The van der Waals surface area contributed by atoms with Crippen molar-refractivity contribution in [3.63, 3.8) is 0 Å². The van der Waals surface area contributed by atoms with E-state index in [1.54, 1.807) is 0 Å². The molecule has 1 atom stereocenters. The zero-order chi connectivity index (χ0) is 19.1. The molecule has 3 rings (SSSR count). The molecule has 1 fully saturated rings. The van der Waals surface area contributed by atoms with Crippen LogP contribution in [0.3, 0.4) is 0 Å². The van der Waals surface area contributed by atoms with Gasteiger partial charge < -0.3 is 19.5 Å². The SMILES string of the molecule is CCc1ccc(OCC(=O)Nc2ccc(C)cc2OCC2CCCO2)cc1. The Labute approximate surface area is 160 Å². The first-order valence-electron chi connectivity index (χ1n) is 9.50. The molecular formula is C22H27NO4. The van der Waals surface area contributed by atoms with Gasteiger partial charge in [-0.25, -0.2) is 0 Å². The summed E-state index contributed by atoms with van der Waals surface area (Å²) in [4.78, 5) is 12.3. The Morgan fingerprint density at radius 1 is 1.19 bits per heavy atom. The van der Waals surface area contributed by atoms with Crippen LogP contribution in [0.15, 0.2) is 42.5 Å². The molecule has 1 aliphatic heterocycles. The van der Waals surface area contributed by atoms with Crippen LogP contribution < -0.4 is 14.8 Å². The standard InChI is InChI=1S/C22H27NO4/c1-3-17-7-9-18(10-8-17)26-15-22(24)23-20-11-6-16(2)13-21(20)27-14-19-5-4-12-25-19/h6-11,13,19H,3-5,12,14-15H2,1-2H3,(H,23,24). The van der Waals surface area contributed by atoms with E-state index in [2.05, 4.69) is 12.2 Å². The second-order valence-corrected chi connectivity index (χ2v) is 6.78. The van der Waals surface area contributed by atoms with Gasteiger partial charge in [0.15, 0.2) is 6.61 Å². The van der Waals surface area contributed by atoms with Gasteiger partial charge in [0, 0.05) is 6.61 Å². The molecule has 27 heavy (non-hydrogen) atoms. The summed E-state index contributed by atoms with van der Waals surface area (Å²) in [6.45, 7) is 5.33. The molecule has 0 aliphatic carbocycles. The topological polar surface area (TPSA) is 56.8 Å². The van der Waals surface area contributed by atoms with Gasteiger partial charge in [-0.3, -0.25) is 4.79 Å². The molecule has 0 bridgehead atoms. The molecule has 1 saturated heterocycles. The number of hydrogen-bond donors (Lipinski definition) is 1. The zero-order valence-corrected chi connectivity index (χ0v) is 16.0. The van der Waals surface area contributed by atoms with Crippen molar-refractivity contribution in [1.29, 1.82) is 0 Å². The molecule has 144 valence electrons. The number of amides is 1. The van der Waals surface area contributed by atoms with Crippen LogP contribution in [-0.4, -0.2) is 31.8 Å². The Morgan fingerprint density at radius 2 is 2.00 bits per heavy atom. The molecule has 2 aromatic rings. The summed E-state index contributed by atoms with van der Waals surface area (Å²) in [5.74, 6) is 1.12. The van der Waals surface area contributed by atoms with E-state index in [-0.39, 0.29) is 18.6 Å². The van der Waals surface area contributed by atoms with Crippen molar-refractivity contribution >= 4 is 11.6 Å². The number of hydrogen-bond acceptors (Lipinski definition) is 4. The lowest BCUT2D eigenvalue weighted by Gasteiger charge is -2.16. The van der Waals surface area contributed by atoms with Crippen molar-refractivity contribution in [2.24, 2.45) is 0 Å². The fourth-order valence-electron chi connectivity index (χ4n) is 2.97. The molecular weight excluding hydrogens is 342 g/mol. The summed E-state index contributed by atoms with van der Waals surface area (Å²) in [6, 6.07) is 13.5. The first-order valence-corrected chi connectivity index (χ1v) is 9.50. The average molecular weight is 369 g/mol. The predicted molar refractivity (Wildman–Crippen MR) is 106 cm³/mol. The Hall–Kier alpha value is -2.53. The first-order chi connectivity index (χ1) is 13.1. The van der Waals surface area contributed by atoms with E-state index >= 15 is 0 Å². The van der Waals surface area contributed by atoms with E-state index in [0.29, 0.717) is 23.8 Å². The highest BCUT2D eigenvalue weighted by Gasteiger charge is 2.17. The van der Waals surface area contributed by atoms with Crippen LogP contribution in [0.25, 0.3) is 0 Å². The molecule has 5 heteroatoms. The molecule has 0 aromatic heterocycles. The van der Waals surface area contributed by atoms with Crippen LogP contribution in [0.5, 0.6) is 11.5 Å². The van der Waals surface area contributed by atoms with Gasteiger partial charge in [0.05, 0.1) is 11.8 Å². The summed E-state index contributed by atoms with van der Waals surface area (Å²) in [7, 11) is 0. The van der Waals surface area contributed by atoms with E-state index in [1.807, 2.05) is 49.4 Å². The summed E-state index contributed by atoms with van der Waals surface area (Å²) in [5.41, 5.74) is 2.95. The second-order valence-electron chi connectivity index (χ2n) is 6.78. The lowest BCUT2D eigenvalue weighted by atomic mass is 10.2. The molecule has 0 saturated carbocycles. The van der Waals surface area contributed by atoms with Crippen LogP contribution >= 0.6 is 0 Å². The third-order valence-electron chi connectivity index (χ3n) is 4.56. The van der Waals surface area contributed by atoms with Gasteiger partial charge >= 0.3 is 0 Å². The van der Waals surface area contributed by atoms with Crippen LogP contribution in [0, 0.1) is 6.92 Å². The van der Waals surface area contributed by atoms with Crippen LogP contribution in [-0.2, 0) is 16.0 Å². The maximum Gasteiger partial charge on any atom is 0.262 e. The highest BCUT2D eigenvalue weighted by Crippen LogP contribution is 2.27. The maximum atomic E-state index is 12.3. The van der Waals surface area contributed by atoms with Gasteiger partial charge in [0.1, 0.15) is 18.1 Å². The number of carbonyl (C=O) groups excluding carboxylic acids is 1. The molecule has 1 amide bonds. The Morgan fingerprint density at radius 3 is 2.70 bits per heavy atom. The number of nitrogens with one attached hydrogen (secondary N) is 1. The lowest BCUT2D eigenvalue weighted by Crippen LogP contribution is -2.21. The number of ether oxygens (including phenoxy) is 3. The molecule has 1 unspecified atom stereocenters. The van der Waals surface area contributed by atoms with Crippen LogP contribution in [0.2, 0.25) is 0 Å². The van der Waals surface area contributed by atoms with E-state index in [1.165, 1.54) is 5.56 Å². The van der Waals surface area contributed by atoms with Gasteiger partial charge in [-0.05, 0) is 61.6 Å². The minimum absolute atomic E-state index is 0.0511. The smallest absolute Gasteiger partial charge is 0.262 e. The minimum atomic E-state index is -0.222. The van der Waals surface area contributed by atoms with Crippen LogP contribution in [0.4, 0.5) is 5.69 Å². The van der Waals surface area contributed by atoms with Crippen molar-refractivity contribution < 1.29 is 19.0 Å². The molecule has 2 aromatic carbocycles. The van der Waals surface area contributed by atoms with E-state index in [9.17, 15) is 4.79 Å². The summed E-state index contributed by atoms with van der Waals surface area (Å²) in [5, 5.41) is 2.88. The maximum absolute atomic E-state index is 12.3. The van der Waals surface area contributed by atoms with E-state index in [0.717, 1.165) is 31.4 Å². The fourth-order valence-corrected chi connectivity index (χ4v) is 2.97. The Kier molecular flexibility index (Phi) is 6.71. The average Bonchev–Trinajstić information content (AvgIpc) is 3.20. The molecule has 0 spiro atoms. The second kappa shape index (κ2) is 9.42. The van der Waals surface area contributed by atoms with E-state index in [4.69, 9.17) is 14.2 Å². The van der Waals surface area contributed by atoms with Crippen molar-refractivity contribution in [3.8, 4) is 11.5 Å². The largest absolute Gasteiger partial charge is 0.489 e. The van der Waals surface area contributed by atoms with Crippen molar-refractivity contribution in [2.75, 3.05) is 25.1 Å². The fraction of sp³-hybridized carbons (Fsp3) is 0.409. The highest BCUT2D eigenvalue weighted by molar-refractivity contribution is 5.93. The first kappa shape index (κ1) is 19.2. The highest BCUT2D eigenvalue weighted by atomic mass is 16.5. The number of benzene rings is 2. The number of rotatable bonds is 8. The lowest BCUT2D eigenvalue weighted by molar-refractivity contribution is -0.118. The van der Waals surface area contributed by atoms with Gasteiger partial charge in [-0.2, -0.15) is 0 Å². The summed E-state index contributed by atoms with van der Waals surface area (Å²) in [6.07, 6.45) is 3.19. The number of aryl methyl sites for hydroxylation is 2. The summed E-state index contributed by atoms with van der Waals surface area (Å²) >= 11 is 0. The normalized spacial score (nSPS) is 16.1.